The third kappa shape index (κ3) is 2.42. The second kappa shape index (κ2) is 5.85. The van der Waals surface area contributed by atoms with Crippen LogP contribution >= 0.6 is 0 Å². The molecule has 1 aromatic carbocycles. The molecule has 2 aliphatic carbocycles. The first kappa shape index (κ1) is 14.1. The van der Waals surface area contributed by atoms with Crippen molar-refractivity contribution in [2.75, 3.05) is 5.32 Å². The van der Waals surface area contributed by atoms with Crippen LogP contribution < -0.4 is 5.32 Å². The smallest absolute Gasteiger partial charge is 0.125 e. The van der Waals surface area contributed by atoms with Gasteiger partial charge < -0.3 is 5.32 Å². The van der Waals surface area contributed by atoms with E-state index in [1.54, 1.807) is 0 Å². The highest BCUT2D eigenvalue weighted by Crippen LogP contribution is 2.47. The van der Waals surface area contributed by atoms with Crippen molar-refractivity contribution >= 4 is 5.69 Å². The Bertz CT molecular complexity index is 563. The number of nitroso groups, excluding NO2 is 1. The quantitative estimate of drug-likeness (QED) is 0.845. The standard InChI is InChI=1S/C17H21N3O/c18-12-13-6-1-2-9-15(13)19-16-10-5-8-14-7-3-4-11-17(14,16)20-21/h1-2,6,9,14,16,19H,3-5,7-8,10-11H2. The van der Waals surface area contributed by atoms with Gasteiger partial charge in [0.25, 0.3) is 0 Å². The van der Waals surface area contributed by atoms with Gasteiger partial charge in [0.1, 0.15) is 11.6 Å². The summed E-state index contributed by atoms with van der Waals surface area (Å²) in [4.78, 5) is 11.7. The summed E-state index contributed by atoms with van der Waals surface area (Å²) < 4.78 is 0. The molecule has 0 aliphatic heterocycles. The van der Waals surface area contributed by atoms with E-state index in [4.69, 9.17) is 0 Å². The minimum atomic E-state index is -0.473. The number of rotatable bonds is 3. The molecule has 0 bridgehead atoms. The molecule has 0 amide bonds. The molecular weight excluding hydrogens is 262 g/mol. The van der Waals surface area contributed by atoms with Crippen molar-refractivity contribution in [2.45, 2.75) is 56.5 Å². The van der Waals surface area contributed by atoms with E-state index in [9.17, 15) is 10.2 Å². The van der Waals surface area contributed by atoms with E-state index in [2.05, 4.69) is 16.6 Å². The Morgan fingerprint density at radius 1 is 1.19 bits per heavy atom. The van der Waals surface area contributed by atoms with Gasteiger partial charge in [-0.05, 0) is 43.7 Å². The number of nitrogens with zero attached hydrogens (tertiary/aromatic N) is 2. The van der Waals surface area contributed by atoms with Gasteiger partial charge in [0, 0.05) is 0 Å². The molecule has 2 saturated carbocycles. The number of hydrogen-bond donors (Lipinski definition) is 1. The van der Waals surface area contributed by atoms with Crippen molar-refractivity contribution < 1.29 is 0 Å². The number of nitrogens with one attached hydrogen (secondary N) is 1. The SMILES string of the molecule is N#Cc1ccccc1NC1CCCC2CCCCC21N=O. The summed E-state index contributed by atoms with van der Waals surface area (Å²) in [6.45, 7) is 0. The molecule has 2 aliphatic rings. The van der Waals surface area contributed by atoms with Crippen LogP contribution in [0.4, 0.5) is 5.69 Å². The molecule has 4 heteroatoms. The Morgan fingerprint density at radius 3 is 2.81 bits per heavy atom. The topological polar surface area (TPSA) is 65.2 Å². The van der Waals surface area contributed by atoms with Gasteiger partial charge in [-0.3, -0.25) is 0 Å². The molecule has 4 nitrogen and oxygen atoms in total. The summed E-state index contributed by atoms with van der Waals surface area (Å²) in [5, 5.41) is 16.3. The summed E-state index contributed by atoms with van der Waals surface area (Å²) >= 11 is 0. The van der Waals surface area contributed by atoms with E-state index in [-0.39, 0.29) is 6.04 Å². The van der Waals surface area contributed by atoms with Gasteiger partial charge in [0.15, 0.2) is 0 Å². The maximum absolute atomic E-state index is 11.7. The molecule has 1 aromatic rings. The van der Waals surface area contributed by atoms with Crippen molar-refractivity contribution in [1.82, 2.24) is 0 Å². The first-order valence-corrected chi connectivity index (χ1v) is 7.90. The van der Waals surface area contributed by atoms with Crippen LogP contribution in [-0.4, -0.2) is 11.6 Å². The Hall–Kier alpha value is -1.89. The highest BCUT2D eigenvalue weighted by Gasteiger charge is 2.50. The third-order valence-electron chi connectivity index (χ3n) is 5.28. The van der Waals surface area contributed by atoms with Crippen molar-refractivity contribution in [2.24, 2.45) is 11.1 Å². The fourth-order valence-corrected chi connectivity index (χ4v) is 4.20. The van der Waals surface area contributed by atoms with Gasteiger partial charge in [0.2, 0.25) is 0 Å². The second-order valence-electron chi connectivity index (χ2n) is 6.31. The Labute approximate surface area is 125 Å². The summed E-state index contributed by atoms with van der Waals surface area (Å²) in [5.74, 6) is 0.407. The van der Waals surface area contributed by atoms with Crippen LogP contribution in [0, 0.1) is 22.2 Å². The summed E-state index contributed by atoms with van der Waals surface area (Å²) in [7, 11) is 0. The molecule has 2 fully saturated rings. The average molecular weight is 283 g/mol. The average Bonchev–Trinajstić information content (AvgIpc) is 2.55. The van der Waals surface area contributed by atoms with E-state index < -0.39 is 5.54 Å². The van der Waals surface area contributed by atoms with Crippen LogP contribution in [0.25, 0.3) is 0 Å². The van der Waals surface area contributed by atoms with Crippen molar-refractivity contribution in [3.05, 3.63) is 34.7 Å². The number of hydrogen-bond acceptors (Lipinski definition) is 4. The molecule has 3 rings (SSSR count). The fourth-order valence-electron chi connectivity index (χ4n) is 4.20. The second-order valence-corrected chi connectivity index (χ2v) is 6.31. The molecule has 110 valence electrons. The predicted molar refractivity (Wildman–Crippen MR) is 82.9 cm³/mol. The normalized spacial score (nSPS) is 31.8. The molecule has 3 unspecified atom stereocenters. The van der Waals surface area contributed by atoms with Crippen molar-refractivity contribution in [3.63, 3.8) is 0 Å². The molecule has 0 heterocycles. The van der Waals surface area contributed by atoms with Crippen LogP contribution in [0.2, 0.25) is 0 Å². The van der Waals surface area contributed by atoms with Crippen molar-refractivity contribution in [3.8, 4) is 6.07 Å². The number of benzene rings is 1. The Morgan fingerprint density at radius 2 is 2.00 bits per heavy atom. The molecule has 0 aromatic heterocycles. The predicted octanol–water partition coefficient (Wildman–Crippen LogP) is 4.22. The zero-order chi connectivity index (χ0) is 14.7. The van der Waals surface area contributed by atoms with Gasteiger partial charge >= 0.3 is 0 Å². The number of fused-ring (bicyclic) bond motifs is 1. The molecule has 21 heavy (non-hydrogen) atoms. The zero-order valence-corrected chi connectivity index (χ0v) is 12.2. The highest BCUT2D eigenvalue weighted by molar-refractivity contribution is 5.58. The number of nitriles is 1. The monoisotopic (exact) mass is 283 g/mol. The summed E-state index contributed by atoms with van der Waals surface area (Å²) in [5.41, 5.74) is 0.995. The van der Waals surface area contributed by atoms with Gasteiger partial charge in [-0.25, -0.2) is 0 Å². The van der Waals surface area contributed by atoms with Gasteiger partial charge in [0.05, 0.1) is 17.3 Å². The van der Waals surface area contributed by atoms with E-state index in [1.165, 1.54) is 6.42 Å². The van der Waals surface area contributed by atoms with Gasteiger partial charge in [-0.15, -0.1) is 0 Å². The third-order valence-corrected chi connectivity index (χ3v) is 5.28. The fraction of sp³-hybridized carbons (Fsp3) is 0.588. The van der Waals surface area contributed by atoms with E-state index in [0.717, 1.165) is 44.2 Å². The molecule has 0 radical (unpaired) electrons. The summed E-state index contributed by atoms with van der Waals surface area (Å²) in [6.07, 6.45) is 7.50. The lowest BCUT2D eigenvalue weighted by molar-refractivity contribution is 0.117. The Kier molecular flexibility index (Phi) is 3.92. The lowest BCUT2D eigenvalue weighted by Crippen LogP contribution is -2.54. The lowest BCUT2D eigenvalue weighted by atomic mass is 9.63. The molecule has 3 atom stereocenters. The molecule has 0 spiro atoms. The largest absolute Gasteiger partial charge is 0.379 e. The lowest BCUT2D eigenvalue weighted by Gasteiger charge is -2.47. The summed E-state index contributed by atoms with van der Waals surface area (Å²) in [6, 6.07) is 9.79. The first-order chi connectivity index (χ1) is 10.3. The molecular formula is C17H21N3O. The maximum Gasteiger partial charge on any atom is 0.125 e. The van der Waals surface area contributed by atoms with E-state index in [0.29, 0.717) is 11.5 Å². The minimum absolute atomic E-state index is 0.0588. The Balaban J connectivity index is 1.89. The first-order valence-electron chi connectivity index (χ1n) is 7.90. The van der Waals surface area contributed by atoms with Gasteiger partial charge in [-0.2, -0.15) is 10.2 Å². The van der Waals surface area contributed by atoms with Crippen LogP contribution in [0.5, 0.6) is 0 Å². The van der Waals surface area contributed by atoms with E-state index >= 15 is 0 Å². The van der Waals surface area contributed by atoms with Crippen LogP contribution in [0.1, 0.15) is 50.5 Å². The highest BCUT2D eigenvalue weighted by atomic mass is 16.3. The maximum atomic E-state index is 11.7. The molecule has 1 N–H and O–H groups in total. The zero-order valence-electron chi connectivity index (χ0n) is 12.2. The molecule has 0 saturated heterocycles. The van der Waals surface area contributed by atoms with Gasteiger partial charge in [-0.1, -0.05) is 36.6 Å². The van der Waals surface area contributed by atoms with Crippen molar-refractivity contribution in [1.29, 1.82) is 5.26 Å². The minimum Gasteiger partial charge on any atom is -0.379 e. The van der Waals surface area contributed by atoms with Crippen LogP contribution in [0.15, 0.2) is 29.4 Å². The number of anilines is 1. The van der Waals surface area contributed by atoms with E-state index in [1.807, 2.05) is 24.3 Å². The number of para-hydroxylation sites is 1. The van der Waals surface area contributed by atoms with Crippen LogP contribution in [-0.2, 0) is 0 Å². The van der Waals surface area contributed by atoms with Crippen LogP contribution in [0.3, 0.4) is 0 Å².